The smallest absolute Gasteiger partial charge is 0.248 e. The number of amides is 1. The van der Waals surface area contributed by atoms with Gasteiger partial charge in [-0.1, -0.05) is 30.7 Å². The first-order valence-corrected chi connectivity index (χ1v) is 11.3. The van der Waals surface area contributed by atoms with Crippen LogP contribution in [0, 0.1) is 34.6 Å². The van der Waals surface area contributed by atoms with E-state index in [4.69, 9.17) is 0 Å². The molecule has 2 rings (SSSR count). The van der Waals surface area contributed by atoms with Crippen LogP contribution >= 0.6 is 0 Å². The Hall–Kier alpha value is -2.34. The molecule has 1 atom stereocenters. The minimum absolute atomic E-state index is 0.332. The first-order chi connectivity index (χ1) is 13.0. The molecular weight excluding hydrogens is 372 g/mol. The molecule has 0 saturated carbocycles. The first-order valence-electron chi connectivity index (χ1n) is 9.41. The predicted octanol–water partition coefficient (Wildman–Crippen LogP) is 4.41. The van der Waals surface area contributed by atoms with Gasteiger partial charge in [0, 0.05) is 5.69 Å². The number of hydrogen-bond acceptors (Lipinski definition) is 3. The number of benzene rings is 2. The molecule has 0 heterocycles. The highest BCUT2D eigenvalue weighted by molar-refractivity contribution is 7.92. The van der Waals surface area contributed by atoms with E-state index in [1.54, 1.807) is 6.07 Å². The molecule has 0 fully saturated rings. The highest BCUT2D eigenvalue weighted by Crippen LogP contribution is 2.27. The second-order valence-corrected chi connectivity index (χ2v) is 9.37. The molecule has 6 heteroatoms. The van der Waals surface area contributed by atoms with E-state index in [-0.39, 0.29) is 5.91 Å². The molecule has 0 radical (unpaired) electrons. The van der Waals surface area contributed by atoms with Crippen LogP contribution < -0.4 is 9.62 Å². The molecule has 0 unspecified atom stereocenters. The van der Waals surface area contributed by atoms with Gasteiger partial charge in [-0.25, -0.2) is 8.42 Å². The van der Waals surface area contributed by atoms with E-state index in [1.807, 2.05) is 65.8 Å². The van der Waals surface area contributed by atoms with Gasteiger partial charge in [0.15, 0.2) is 0 Å². The van der Waals surface area contributed by atoms with Crippen molar-refractivity contribution in [1.82, 2.24) is 0 Å². The third-order valence-electron chi connectivity index (χ3n) is 5.00. The molecule has 0 saturated heterocycles. The zero-order valence-electron chi connectivity index (χ0n) is 17.8. The number of nitrogens with one attached hydrogen (secondary N) is 1. The minimum Gasteiger partial charge on any atom is -0.324 e. The predicted molar refractivity (Wildman–Crippen MR) is 117 cm³/mol. The average Bonchev–Trinajstić information content (AvgIpc) is 2.57. The fourth-order valence-electron chi connectivity index (χ4n) is 3.51. The van der Waals surface area contributed by atoms with E-state index < -0.39 is 16.1 Å². The lowest BCUT2D eigenvalue weighted by Gasteiger charge is -2.31. The summed E-state index contributed by atoms with van der Waals surface area (Å²) in [5.74, 6) is -0.332. The molecule has 2 aromatic rings. The van der Waals surface area contributed by atoms with E-state index >= 15 is 0 Å². The molecule has 0 bridgehead atoms. The van der Waals surface area contributed by atoms with Crippen LogP contribution in [-0.4, -0.2) is 26.6 Å². The molecule has 0 aliphatic heterocycles. The average molecular weight is 403 g/mol. The Balaban J connectivity index is 2.46. The fraction of sp³-hybridized carbons (Fsp3) is 0.409. The van der Waals surface area contributed by atoms with Crippen molar-refractivity contribution >= 4 is 27.3 Å². The number of nitrogens with zero attached hydrogens (tertiary/aromatic N) is 1. The Morgan fingerprint density at radius 3 is 2.00 bits per heavy atom. The number of aryl methyl sites for hydroxylation is 5. The molecule has 0 spiro atoms. The molecular formula is C22H30N2O3S. The summed E-state index contributed by atoms with van der Waals surface area (Å²) in [5.41, 5.74) is 6.32. The van der Waals surface area contributed by atoms with E-state index in [0.717, 1.165) is 39.8 Å². The number of carbonyl (C=O) groups is 1. The van der Waals surface area contributed by atoms with Gasteiger partial charge in [0.1, 0.15) is 6.04 Å². The molecule has 0 aliphatic carbocycles. The largest absolute Gasteiger partial charge is 0.324 e. The zero-order valence-corrected chi connectivity index (χ0v) is 18.6. The van der Waals surface area contributed by atoms with E-state index in [0.29, 0.717) is 12.1 Å². The molecule has 1 N–H and O–H groups in total. The highest BCUT2D eigenvalue weighted by atomic mass is 32.2. The fourth-order valence-corrected chi connectivity index (χ4v) is 4.71. The van der Waals surface area contributed by atoms with Gasteiger partial charge in [-0.05, 0) is 75.4 Å². The zero-order chi connectivity index (χ0) is 21.2. The lowest BCUT2D eigenvalue weighted by molar-refractivity contribution is -0.117. The summed E-state index contributed by atoms with van der Waals surface area (Å²) in [7, 11) is -3.65. The second kappa shape index (κ2) is 8.35. The SMILES string of the molecule is CC[C@@H](C(=O)Nc1c(C)cc(C)cc1C)N(c1ccc(C)c(C)c1)S(C)(=O)=O. The summed E-state index contributed by atoms with van der Waals surface area (Å²) < 4.78 is 26.4. The van der Waals surface area contributed by atoms with E-state index in [2.05, 4.69) is 5.32 Å². The molecule has 152 valence electrons. The standard InChI is InChI=1S/C22H30N2O3S/c1-8-20(22(25)23-21-17(5)11-14(2)12-18(21)6)24(28(7,26)27)19-10-9-15(3)16(4)13-19/h9-13,20H,8H2,1-7H3,(H,23,25)/t20-/m0/s1. The van der Waals surface area contributed by atoms with Crippen LogP contribution in [-0.2, 0) is 14.8 Å². The van der Waals surface area contributed by atoms with Crippen LogP contribution in [0.3, 0.4) is 0 Å². The molecule has 2 aromatic carbocycles. The van der Waals surface area contributed by atoms with E-state index in [9.17, 15) is 13.2 Å². The maximum atomic E-state index is 13.1. The quantitative estimate of drug-likeness (QED) is 0.778. The van der Waals surface area contributed by atoms with Gasteiger partial charge in [0.05, 0.1) is 11.9 Å². The Morgan fingerprint density at radius 2 is 1.54 bits per heavy atom. The van der Waals surface area contributed by atoms with Gasteiger partial charge in [0.25, 0.3) is 0 Å². The third-order valence-corrected chi connectivity index (χ3v) is 6.18. The summed E-state index contributed by atoms with van der Waals surface area (Å²) in [4.78, 5) is 13.1. The first kappa shape index (κ1) is 22.0. The van der Waals surface area contributed by atoms with Crippen molar-refractivity contribution in [2.45, 2.75) is 54.0 Å². The molecule has 1 amide bonds. The molecule has 0 aliphatic rings. The minimum atomic E-state index is -3.65. The number of sulfonamides is 1. The second-order valence-electron chi connectivity index (χ2n) is 7.51. The summed E-state index contributed by atoms with van der Waals surface area (Å²) >= 11 is 0. The number of hydrogen-bond donors (Lipinski definition) is 1. The lowest BCUT2D eigenvalue weighted by atomic mass is 10.0. The maximum Gasteiger partial charge on any atom is 0.248 e. The number of rotatable bonds is 6. The van der Waals surface area contributed by atoms with Gasteiger partial charge < -0.3 is 5.32 Å². The van der Waals surface area contributed by atoms with Crippen molar-refractivity contribution < 1.29 is 13.2 Å². The lowest BCUT2D eigenvalue weighted by Crippen LogP contribution is -2.47. The summed E-state index contributed by atoms with van der Waals surface area (Å²) in [6.07, 6.45) is 1.50. The van der Waals surface area contributed by atoms with Crippen molar-refractivity contribution in [2.75, 3.05) is 15.9 Å². The third kappa shape index (κ3) is 4.73. The van der Waals surface area contributed by atoms with Crippen LogP contribution in [0.25, 0.3) is 0 Å². The normalized spacial score (nSPS) is 12.5. The Kier molecular flexibility index (Phi) is 6.55. The summed E-state index contributed by atoms with van der Waals surface area (Å²) in [6.45, 7) is 11.6. The Morgan fingerprint density at radius 1 is 0.964 bits per heavy atom. The van der Waals surface area contributed by atoms with Crippen LogP contribution in [0.15, 0.2) is 30.3 Å². The highest BCUT2D eigenvalue weighted by Gasteiger charge is 2.32. The van der Waals surface area contributed by atoms with Crippen molar-refractivity contribution in [1.29, 1.82) is 0 Å². The van der Waals surface area contributed by atoms with Gasteiger partial charge >= 0.3 is 0 Å². The van der Waals surface area contributed by atoms with E-state index in [1.165, 1.54) is 4.31 Å². The van der Waals surface area contributed by atoms with Gasteiger partial charge in [-0.3, -0.25) is 9.10 Å². The monoisotopic (exact) mass is 402 g/mol. The van der Waals surface area contributed by atoms with Crippen molar-refractivity contribution in [3.63, 3.8) is 0 Å². The van der Waals surface area contributed by atoms with Gasteiger partial charge in [-0.15, -0.1) is 0 Å². The van der Waals surface area contributed by atoms with Crippen molar-refractivity contribution in [2.24, 2.45) is 0 Å². The van der Waals surface area contributed by atoms with Crippen molar-refractivity contribution in [3.05, 3.63) is 58.1 Å². The van der Waals surface area contributed by atoms with Crippen molar-refractivity contribution in [3.8, 4) is 0 Å². The maximum absolute atomic E-state index is 13.1. The van der Waals surface area contributed by atoms with Crippen LogP contribution in [0.2, 0.25) is 0 Å². The molecule has 28 heavy (non-hydrogen) atoms. The topological polar surface area (TPSA) is 66.5 Å². The summed E-state index contributed by atoms with van der Waals surface area (Å²) in [5, 5.41) is 2.96. The van der Waals surface area contributed by atoms with Gasteiger partial charge in [0.2, 0.25) is 15.9 Å². The van der Waals surface area contributed by atoms with Crippen LogP contribution in [0.4, 0.5) is 11.4 Å². The molecule has 5 nitrogen and oxygen atoms in total. The Bertz CT molecular complexity index is 974. The van der Waals surface area contributed by atoms with Crippen LogP contribution in [0.5, 0.6) is 0 Å². The van der Waals surface area contributed by atoms with Crippen LogP contribution in [0.1, 0.15) is 41.2 Å². The number of carbonyl (C=O) groups excluding carboxylic acids is 1. The summed E-state index contributed by atoms with van der Waals surface area (Å²) in [6, 6.07) is 8.61. The Labute approximate surface area is 168 Å². The molecule has 0 aromatic heterocycles. The van der Waals surface area contributed by atoms with Gasteiger partial charge in [-0.2, -0.15) is 0 Å². The number of anilines is 2.